The summed E-state index contributed by atoms with van der Waals surface area (Å²) < 4.78 is 1.05. The van der Waals surface area contributed by atoms with Gasteiger partial charge in [0.05, 0.1) is 0 Å². The van der Waals surface area contributed by atoms with Crippen LogP contribution in [-0.2, 0) is 0 Å². The van der Waals surface area contributed by atoms with Crippen molar-refractivity contribution in [2.75, 3.05) is 0 Å². The highest BCUT2D eigenvalue weighted by atomic mass is 79.9. The number of aromatic nitrogens is 1. The summed E-state index contributed by atoms with van der Waals surface area (Å²) in [4.78, 5) is 13.7. The number of aryl methyl sites for hydroxylation is 1. The molecule has 0 bridgehead atoms. The van der Waals surface area contributed by atoms with Crippen LogP contribution in [-0.4, -0.2) is 11.3 Å². The Balaban J connectivity index is 2.84. The molecule has 2 rings (SSSR count). The molecule has 0 aliphatic carbocycles. The van der Waals surface area contributed by atoms with E-state index in [1.807, 2.05) is 19.1 Å². The first kappa shape index (κ1) is 8.51. The largest absolute Gasteiger partial charge is 0.360 e. The van der Waals surface area contributed by atoms with Crippen LogP contribution in [0.2, 0.25) is 0 Å². The third-order valence-corrected chi connectivity index (χ3v) is 2.97. The number of H-pyrrole nitrogens is 1. The van der Waals surface area contributed by atoms with Gasteiger partial charge in [-0.05, 0) is 24.6 Å². The van der Waals surface area contributed by atoms with Crippen LogP contribution in [0.15, 0.2) is 22.8 Å². The highest BCUT2D eigenvalue weighted by Crippen LogP contribution is 2.24. The van der Waals surface area contributed by atoms with Gasteiger partial charge in [-0.1, -0.05) is 15.9 Å². The maximum absolute atomic E-state index is 10.6. The van der Waals surface area contributed by atoms with E-state index in [2.05, 4.69) is 20.9 Å². The summed E-state index contributed by atoms with van der Waals surface area (Å²) in [6.45, 7) is 2.01. The number of fused-ring (bicyclic) bond motifs is 1. The van der Waals surface area contributed by atoms with Gasteiger partial charge >= 0.3 is 0 Å². The minimum absolute atomic E-state index is 0.714. The summed E-state index contributed by atoms with van der Waals surface area (Å²) in [6.07, 6.45) is 2.59. The normalized spacial score (nSPS) is 10.6. The van der Waals surface area contributed by atoms with Crippen molar-refractivity contribution in [1.82, 2.24) is 4.98 Å². The number of halogens is 1. The Kier molecular flexibility index (Phi) is 1.96. The molecule has 1 N–H and O–H groups in total. The Morgan fingerprint density at radius 1 is 1.46 bits per heavy atom. The van der Waals surface area contributed by atoms with E-state index in [-0.39, 0.29) is 0 Å². The molecule has 2 aromatic rings. The van der Waals surface area contributed by atoms with Gasteiger partial charge in [0.15, 0.2) is 6.29 Å². The molecule has 1 aromatic heterocycles. The molecule has 0 saturated carbocycles. The summed E-state index contributed by atoms with van der Waals surface area (Å²) in [7, 11) is 0. The number of carbonyl (C=O) groups excluding carboxylic acids is 1. The number of nitrogens with one attached hydrogen (secondary N) is 1. The van der Waals surface area contributed by atoms with Gasteiger partial charge in [0, 0.05) is 27.1 Å². The topological polar surface area (TPSA) is 32.9 Å². The molecule has 0 saturated heterocycles. The SMILES string of the molecule is Cc1cc2c(C=O)c[nH]c2cc1Br. The summed E-state index contributed by atoms with van der Waals surface area (Å²) >= 11 is 3.44. The summed E-state index contributed by atoms with van der Waals surface area (Å²) in [5.74, 6) is 0. The Labute approximate surface area is 84.1 Å². The molecule has 2 nitrogen and oxygen atoms in total. The van der Waals surface area contributed by atoms with Crippen molar-refractivity contribution >= 4 is 33.1 Å². The van der Waals surface area contributed by atoms with Crippen molar-refractivity contribution in [1.29, 1.82) is 0 Å². The smallest absolute Gasteiger partial charge is 0.152 e. The molecule has 66 valence electrons. The van der Waals surface area contributed by atoms with Gasteiger partial charge in [-0.15, -0.1) is 0 Å². The van der Waals surface area contributed by atoms with Crippen LogP contribution in [0.4, 0.5) is 0 Å². The lowest BCUT2D eigenvalue weighted by Gasteiger charge is -1.97. The van der Waals surface area contributed by atoms with E-state index in [9.17, 15) is 4.79 Å². The fraction of sp³-hybridized carbons (Fsp3) is 0.100. The lowest BCUT2D eigenvalue weighted by Crippen LogP contribution is -1.78. The van der Waals surface area contributed by atoms with Gasteiger partial charge < -0.3 is 4.98 Å². The van der Waals surface area contributed by atoms with E-state index >= 15 is 0 Å². The van der Waals surface area contributed by atoms with Crippen molar-refractivity contribution in [2.45, 2.75) is 6.92 Å². The third-order valence-electron chi connectivity index (χ3n) is 2.12. The van der Waals surface area contributed by atoms with Crippen LogP contribution in [0.25, 0.3) is 10.9 Å². The second-order valence-corrected chi connectivity index (χ2v) is 3.86. The first-order valence-corrected chi connectivity index (χ1v) is 4.74. The van der Waals surface area contributed by atoms with E-state index in [0.717, 1.165) is 27.2 Å². The Hall–Kier alpha value is -1.09. The second kappa shape index (κ2) is 3.00. The van der Waals surface area contributed by atoms with Gasteiger partial charge in [0.25, 0.3) is 0 Å². The molecule has 0 atom stereocenters. The Bertz CT molecular complexity index is 473. The number of rotatable bonds is 1. The average molecular weight is 238 g/mol. The van der Waals surface area contributed by atoms with Crippen LogP contribution >= 0.6 is 15.9 Å². The number of aldehydes is 1. The molecule has 0 fully saturated rings. The Morgan fingerprint density at radius 2 is 2.23 bits per heavy atom. The lowest BCUT2D eigenvalue weighted by molar-refractivity contribution is 0.112. The minimum Gasteiger partial charge on any atom is -0.360 e. The molecule has 1 heterocycles. The number of benzene rings is 1. The minimum atomic E-state index is 0.714. The van der Waals surface area contributed by atoms with Crippen LogP contribution in [0, 0.1) is 6.92 Å². The fourth-order valence-corrected chi connectivity index (χ4v) is 1.71. The van der Waals surface area contributed by atoms with Gasteiger partial charge in [0.1, 0.15) is 0 Å². The molecule has 3 heteroatoms. The van der Waals surface area contributed by atoms with Crippen molar-refractivity contribution < 1.29 is 4.79 Å². The Morgan fingerprint density at radius 3 is 2.92 bits per heavy atom. The van der Waals surface area contributed by atoms with Crippen LogP contribution in [0.1, 0.15) is 15.9 Å². The number of carbonyl (C=O) groups is 1. The zero-order chi connectivity index (χ0) is 9.42. The van der Waals surface area contributed by atoms with Crippen molar-refractivity contribution in [2.24, 2.45) is 0 Å². The quantitative estimate of drug-likeness (QED) is 0.761. The van der Waals surface area contributed by atoms with Crippen LogP contribution < -0.4 is 0 Å². The van der Waals surface area contributed by atoms with Gasteiger partial charge in [-0.3, -0.25) is 4.79 Å². The van der Waals surface area contributed by atoms with Gasteiger partial charge in [-0.2, -0.15) is 0 Å². The van der Waals surface area contributed by atoms with E-state index in [1.54, 1.807) is 6.20 Å². The first-order valence-electron chi connectivity index (χ1n) is 3.95. The third kappa shape index (κ3) is 1.29. The molecule has 0 spiro atoms. The lowest BCUT2D eigenvalue weighted by atomic mass is 10.1. The molecular weight excluding hydrogens is 230 g/mol. The second-order valence-electron chi connectivity index (χ2n) is 3.01. The van der Waals surface area contributed by atoms with E-state index in [0.29, 0.717) is 5.56 Å². The van der Waals surface area contributed by atoms with E-state index < -0.39 is 0 Å². The highest BCUT2D eigenvalue weighted by molar-refractivity contribution is 9.10. The molecule has 1 aromatic carbocycles. The molecule has 13 heavy (non-hydrogen) atoms. The number of hydrogen-bond acceptors (Lipinski definition) is 1. The maximum atomic E-state index is 10.6. The summed E-state index contributed by atoms with van der Waals surface area (Å²) in [5, 5.41) is 0.982. The zero-order valence-corrected chi connectivity index (χ0v) is 8.68. The van der Waals surface area contributed by atoms with Crippen molar-refractivity contribution in [3.05, 3.63) is 33.9 Å². The standard InChI is InChI=1S/C10H8BrNO/c1-6-2-8-7(5-13)4-12-10(8)3-9(6)11/h2-5,12H,1H3. The van der Waals surface area contributed by atoms with Crippen molar-refractivity contribution in [3.8, 4) is 0 Å². The average Bonchev–Trinajstić information content (AvgIpc) is 2.48. The fourth-order valence-electron chi connectivity index (χ4n) is 1.37. The van der Waals surface area contributed by atoms with Gasteiger partial charge in [-0.25, -0.2) is 0 Å². The molecule has 0 aliphatic heterocycles. The number of hydrogen-bond donors (Lipinski definition) is 1. The predicted octanol–water partition coefficient (Wildman–Crippen LogP) is 3.05. The molecule has 0 aliphatic rings. The van der Waals surface area contributed by atoms with Gasteiger partial charge in [0.2, 0.25) is 0 Å². The maximum Gasteiger partial charge on any atom is 0.152 e. The molecule has 0 unspecified atom stereocenters. The van der Waals surface area contributed by atoms with E-state index in [4.69, 9.17) is 0 Å². The van der Waals surface area contributed by atoms with Crippen molar-refractivity contribution in [3.63, 3.8) is 0 Å². The van der Waals surface area contributed by atoms with Crippen LogP contribution in [0.3, 0.4) is 0 Å². The molecule has 0 amide bonds. The summed E-state index contributed by atoms with van der Waals surface area (Å²) in [6, 6.07) is 3.98. The first-order chi connectivity index (χ1) is 6.22. The van der Waals surface area contributed by atoms with E-state index in [1.165, 1.54) is 0 Å². The predicted molar refractivity (Wildman–Crippen MR) is 56.1 cm³/mol. The van der Waals surface area contributed by atoms with Crippen LogP contribution in [0.5, 0.6) is 0 Å². The zero-order valence-electron chi connectivity index (χ0n) is 7.10. The molecular formula is C10H8BrNO. The molecule has 0 radical (unpaired) electrons. The highest BCUT2D eigenvalue weighted by Gasteiger charge is 2.04. The monoisotopic (exact) mass is 237 g/mol. The summed E-state index contributed by atoms with van der Waals surface area (Å²) in [5.41, 5.74) is 2.83. The number of aromatic amines is 1.